The van der Waals surface area contributed by atoms with Crippen LogP contribution in [0.1, 0.15) is 17.7 Å². The van der Waals surface area contributed by atoms with E-state index < -0.39 is 5.92 Å². The van der Waals surface area contributed by atoms with Crippen molar-refractivity contribution in [1.82, 2.24) is 0 Å². The fourth-order valence-corrected chi connectivity index (χ4v) is 4.11. The second kappa shape index (κ2) is 4.40. The zero-order valence-corrected chi connectivity index (χ0v) is 10.3. The number of nitrogens with zero attached hydrogens (tertiary/aromatic N) is 1. The van der Waals surface area contributed by atoms with Gasteiger partial charge in [0.05, 0.1) is 16.4 Å². The number of Topliss-reactive ketones (excluding diaryl/α,β-unsaturated/α-hetero) is 1. The first-order valence-corrected chi connectivity index (χ1v) is 6.59. The molecule has 0 aliphatic carbocycles. The standard InChI is InChI=1S/C11H10N2OS2/c1-6(14)10-9(8-3-2-4-15-8)7(5-12)11(13)16-10/h2-4,7,9-10,13H,1H3/t7?,9-,10-/m0/s1. The largest absolute Gasteiger partial charge is 0.299 e. The Hall–Kier alpha value is -1.12. The van der Waals surface area contributed by atoms with Gasteiger partial charge in [0.25, 0.3) is 0 Å². The molecule has 1 fully saturated rings. The summed E-state index contributed by atoms with van der Waals surface area (Å²) in [5.41, 5.74) is 0. The minimum absolute atomic E-state index is 0.0471. The highest BCUT2D eigenvalue weighted by Crippen LogP contribution is 2.46. The molecule has 0 bridgehead atoms. The first-order chi connectivity index (χ1) is 7.65. The fraction of sp³-hybridized carbons (Fsp3) is 0.364. The van der Waals surface area contributed by atoms with Gasteiger partial charge < -0.3 is 0 Å². The van der Waals surface area contributed by atoms with Crippen LogP contribution in [0.25, 0.3) is 0 Å². The Morgan fingerprint density at radius 3 is 2.88 bits per heavy atom. The smallest absolute Gasteiger partial charge is 0.143 e. The third-order valence-electron chi connectivity index (χ3n) is 2.63. The Balaban J connectivity index is 2.41. The van der Waals surface area contributed by atoms with Gasteiger partial charge in [-0.25, -0.2) is 0 Å². The third-order valence-corrected chi connectivity index (χ3v) is 4.99. The zero-order chi connectivity index (χ0) is 11.7. The van der Waals surface area contributed by atoms with E-state index in [4.69, 9.17) is 10.7 Å². The Labute approximate surface area is 102 Å². The van der Waals surface area contributed by atoms with Crippen molar-refractivity contribution >= 4 is 33.9 Å². The van der Waals surface area contributed by atoms with Crippen molar-refractivity contribution in [2.75, 3.05) is 0 Å². The summed E-state index contributed by atoms with van der Waals surface area (Å²) in [6, 6.07) is 6.00. The summed E-state index contributed by atoms with van der Waals surface area (Å²) in [5.74, 6) is -0.552. The molecular formula is C11H10N2OS2. The molecule has 1 saturated heterocycles. The maximum atomic E-state index is 11.5. The average Bonchev–Trinajstić information content (AvgIpc) is 2.83. The molecule has 0 spiro atoms. The number of thiophene rings is 1. The van der Waals surface area contributed by atoms with Crippen molar-refractivity contribution < 1.29 is 4.79 Å². The molecule has 3 nitrogen and oxygen atoms in total. The van der Waals surface area contributed by atoms with E-state index >= 15 is 0 Å². The minimum Gasteiger partial charge on any atom is -0.299 e. The summed E-state index contributed by atoms with van der Waals surface area (Å²) in [4.78, 5) is 12.6. The van der Waals surface area contributed by atoms with Gasteiger partial charge >= 0.3 is 0 Å². The predicted octanol–water partition coefficient (Wildman–Crippen LogP) is 2.65. The summed E-state index contributed by atoms with van der Waals surface area (Å²) in [5, 5.41) is 18.8. The highest BCUT2D eigenvalue weighted by molar-refractivity contribution is 8.15. The first kappa shape index (κ1) is 11.4. The van der Waals surface area contributed by atoms with Crippen LogP contribution in [0.5, 0.6) is 0 Å². The van der Waals surface area contributed by atoms with Gasteiger partial charge in [-0.15, -0.1) is 11.3 Å². The Morgan fingerprint density at radius 2 is 2.38 bits per heavy atom. The van der Waals surface area contributed by atoms with E-state index in [1.807, 2.05) is 17.5 Å². The van der Waals surface area contributed by atoms with Crippen LogP contribution in [0.4, 0.5) is 0 Å². The number of rotatable bonds is 2. The first-order valence-electron chi connectivity index (χ1n) is 4.83. The maximum Gasteiger partial charge on any atom is 0.143 e. The van der Waals surface area contributed by atoms with Crippen molar-refractivity contribution in [1.29, 1.82) is 10.7 Å². The summed E-state index contributed by atoms with van der Waals surface area (Å²) >= 11 is 2.78. The fourth-order valence-electron chi connectivity index (χ4n) is 1.89. The van der Waals surface area contributed by atoms with Gasteiger partial charge in [-0.05, 0) is 18.4 Å². The van der Waals surface area contributed by atoms with Crippen LogP contribution in [-0.2, 0) is 4.79 Å². The summed E-state index contributed by atoms with van der Waals surface area (Å²) < 4.78 is 0. The van der Waals surface area contributed by atoms with Gasteiger partial charge in [-0.2, -0.15) is 5.26 Å². The molecule has 1 aromatic heterocycles. The lowest BCUT2D eigenvalue weighted by atomic mass is 9.88. The van der Waals surface area contributed by atoms with Crippen LogP contribution >= 0.6 is 23.1 Å². The van der Waals surface area contributed by atoms with E-state index in [0.717, 1.165) is 4.88 Å². The van der Waals surface area contributed by atoms with Crippen molar-refractivity contribution in [3.8, 4) is 6.07 Å². The lowest BCUT2D eigenvalue weighted by Gasteiger charge is -2.15. The van der Waals surface area contributed by atoms with Crippen LogP contribution < -0.4 is 0 Å². The number of carbonyl (C=O) groups is 1. The highest BCUT2D eigenvalue weighted by Gasteiger charge is 2.44. The SMILES string of the molecule is CC(=O)[C@@H]1SC(=N)C(C#N)[C@H]1c1cccs1. The molecule has 5 heteroatoms. The molecule has 1 aliphatic rings. The maximum absolute atomic E-state index is 11.5. The number of ketones is 1. The average molecular weight is 250 g/mol. The monoisotopic (exact) mass is 250 g/mol. The number of carbonyl (C=O) groups excluding carboxylic acids is 1. The van der Waals surface area contributed by atoms with Crippen molar-refractivity contribution in [3.63, 3.8) is 0 Å². The molecule has 2 rings (SSSR count). The van der Waals surface area contributed by atoms with Crippen LogP contribution in [0.2, 0.25) is 0 Å². The minimum atomic E-state index is -0.461. The number of nitrogens with one attached hydrogen (secondary N) is 1. The second-order valence-electron chi connectivity index (χ2n) is 3.66. The molecular weight excluding hydrogens is 240 g/mol. The molecule has 1 aliphatic heterocycles. The van der Waals surface area contributed by atoms with E-state index in [9.17, 15) is 4.79 Å². The van der Waals surface area contributed by atoms with Crippen LogP contribution in [0.3, 0.4) is 0 Å². The zero-order valence-electron chi connectivity index (χ0n) is 8.64. The lowest BCUT2D eigenvalue weighted by Crippen LogP contribution is -2.21. The van der Waals surface area contributed by atoms with Crippen molar-refractivity contribution in [2.24, 2.45) is 5.92 Å². The Bertz CT molecular complexity index is 461. The van der Waals surface area contributed by atoms with Gasteiger partial charge in [-0.1, -0.05) is 17.8 Å². The normalized spacial score (nSPS) is 29.0. The van der Waals surface area contributed by atoms with Crippen LogP contribution in [-0.4, -0.2) is 16.1 Å². The van der Waals surface area contributed by atoms with Gasteiger partial charge in [0.15, 0.2) is 0 Å². The van der Waals surface area contributed by atoms with E-state index in [1.54, 1.807) is 11.3 Å². The molecule has 82 valence electrons. The van der Waals surface area contributed by atoms with Crippen molar-refractivity contribution in [3.05, 3.63) is 22.4 Å². The van der Waals surface area contributed by atoms with Gasteiger partial charge in [0.2, 0.25) is 0 Å². The summed E-state index contributed by atoms with van der Waals surface area (Å²) in [6.07, 6.45) is 0. The van der Waals surface area contributed by atoms with Crippen LogP contribution in [0.15, 0.2) is 17.5 Å². The van der Waals surface area contributed by atoms with Gasteiger partial charge in [-0.3, -0.25) is 10.2 Å². The third kappa shape index (κ3) is 1.79. The van der Waals surface area contributed by atoms with Gasteiger partial charge in [0.1, 0.15) is 11.7 Å². The Kier molecular flexibility index (Phi) is 3.13. The molecule has 1 N–H and O–H groups in total. The van der Waals surface area contributed by atoms with Crippen molar-refractivity contribution in [2.45, 2.75) is 18.1 Å². The molecule has 0 amide bonds. The number of thioether (sulfide) groups is 1. The van der Waals surface area contributed by atoms with E-state index in [1.165, 1.54) is 18.7 Å². The van der Waals surface area contributed by atoms with E-state index in [0.29, 0.717) is 5.04 Å². The molecule has 0 aromatic carbocycles. The molecule has 3 atom stereocenters. The molecule has 0 radical (unpaired) electrons. The molecule has 1 aromatic rings. The predicted molar refractivity (Wildman–Crippen MR) is 65.9 cm³/mol. The molecule has 16 heavy (non-hydrogen) atoms. The number of nitriles is 1. The summed E-state index contributed by atoms with van der Waals surface area (Å²) in [6.45, 7) is 1.53. The Morgan fingerprint density at radius 1 is 1.62 bits per heavy atom. The van der Waals surface area contributed by atoms with Crippen LogP contribution in [0, 0.1) is 22.7 Å². The van der Waals surface area contributed by atoms with Gasteiger partial charge in [0, 0.05) is 10.8 Å². The number of hydrogen-bond donors (Lipinski definition) is 1. The summed E-state index contributed by atoms with van der Waals surface area (Å²) in [7, 11) is 0. The molecule has 2 heterocycles. The second-order valence-corrected chi connectivity index (χ2v) is 5.82. The molecule has 1 unspecified atom stereocenters. The quantitative estimate of drug-likeness (QED) is 0.877. The topological polar surface area (TPSA) is 64.7 Å². The van der Waals surface area contributed by atoms with E-state index in [2.05, 4.69) is 6.07 Å². The number of hydrogen-bond acceptors (Lipinski definition) is 5. The lowest BCUT2D eigenvalue weighted by molar-refractivity contribution is -0.116. The highest BCUT2D eigenvalue weighted by atomic mass is 32.2. The molecule has 0 saturated carbocycles. The van der Waals surface area contributed by atoms with E-state index in [-0.39, 0.29) is 17.0 Å².